The topological polar surface area (TPSA) is 32.0 Å². The van der Waals surface area contributed by atoms with Crippen LogP contribution >= 0.6 is 0 Å². The Bertz CT molecular complexity index is 2120. The number of aromatic nitrogens is 1. The van der Waals surface area contributed by atoms with E-state index in [1.807, 2.05) is 0 Å². The number of anilines is 1. The molecule has 0 saturated heterocycles. The van der Waals surface area contributed by atoms with Gasteiger partial charge in [0.2, 0.25) is 0 Å². The molecule has 268 valence electrons. The minimum atomic E-state index is -0.147. The van der Waals surface area contributed by atoms with Crippen molar-refractivity contribution in [1.82, 2.24) is 4.57 Å². The van der Waals surface area contributed by atoms with Gasteiger partial charge < -0.3 is 9.47 Å². The van der Waals surface area contributed by atoms with E-state index in [0.717, 1.165) is 38.5 Å². The standard InChI is InChI=1S/C50H53N3/c1-50(53-48-28-14-10-24-44(48)45-25-11-15-29-49(45)53)31-35(30-36(32-50)52-46-26-12-8-22-42(46)43-23-9-13-27-47(43)52)38-18-4-5-20-40(38)41-21-7-6-19-39(41)37-17-3-2-16-34(37)33-51/h2-3,5-8,10-11,14-17,19-20,22,24-25,28-29,31,34,36-38,40-41,44,48H,4,9,12-13,18,21,23,26-27,30,32H2,1H3. The molecule has 0 spiro atoms. The summed E-state index contributed by atoms with van der Waals surface area (Å²) in [5.41, 5.74) is 12.4. The van der Waals surface area contributed by atoms with E-state index in [4.69, 9.17) is 0 Å². The number of para-hydroxylation sites is 1. The van der Waals surface area contributed by atoms with Crippen molar-refractivity contribution in [1.29, 1.82) is 5.26 Å². The minimum Gasteiger partial charge on any atom is -0.355 e. The van der Waals surface area contributed by atoms with Crippen LogP contribution in [-0.2, 0) is 19.3 Å². The van der Waals surface area contributed by atoms with Gasteiger partial charge in [-0.1, -0.05) is 127 Å². The predicted molar refractivity (Wildman–Crippen MR) is 218 cm³/mol. The molecule has 1 aromatic carbocycles. The van der Waals surface area contributed by atoms with Crippen LogP contribution in [0.4, 0.5) is 5.69 Å². The van der Waals surface area contributed by atoms with E-state index >= 15 is 0 Å². The summed E-state index contributed by atoms with van der Waals surface area (Å²) in [4.78, 5) is 2.85. The van der Waals surface area contributed by atoms with Gasteiger partial charge in [-0.15, -0.1) is 0 Å². The number of nitrogens with zero attached hydrogens (tertiary/aromatic N) is 3. The van der Waals surface area contributed by atoms with Gasteiger partial charge in [-0.25, -0.2) is 0 Å². The molecule has 7 aliphatic carbocycles. The van der Waals surface area contributed by atoms with Crippen molar-refractivity contribution in [2.45, 2.75) is 101 Å². The SMILES string of the molecule is CC1(N2c3ccccc3C3C=CC=CC32)C=C(C2CCC=CC2C2CC=CC=C2C2C=CC=CC2C#N)CC(n2c3c(c4c2CCCC4)C=CCC3)C1. The molecule has 3 heteroatoms. The molecular weight excluding hydrogens is 643 g/mol. The summed E-state index contributed by atoms with van der Waals surface area (Å²) in [6, 6.07) is 12.7. The van der Waals surface area contributed by atoms with Crippen LogP contribution in [0.15, 0.2) is 127 Å². The molecule has 10 rings (SSSR count). The third-order valence-electron chi connectivity index (χ3n) is 14.3. The Labute approximate surface area is 316 Å². The highest BCUT2D eigenvalue weighted by Gasteiger charge is 2.49. The van der Waals surface area contributed by atoms with Crippen LogP contribution in [0.3, 0.4) is 0 Å². The van der Waals surface area contributed by atoms with Gasteiger partial charge in [-0.2, -0.15) is 5.26 Å². The number of rotatable bonds is 5. The maximum atomic E-state index is 10.2. The molecule has 53 heavy (non-hydrogen) atoms. The van der Waals surface area contributed by atoms with Crippen LogP contribution < -0.4 is 4.90 Å². The van der Waals surface area contributed by atoms with Gasteiger partial charge in [0, 0.05) is 35.0 Å². The third kappa shape index (κ3) is 5.42. The monoisotopic (exact) mass is 695 g/mol. The number of allylic oxidation sites excluding steroid dienone is 14. The van der Waals surface area contributed by atoms with Crippen molar-refractivity contribution in [3.05, 3.63) is 155 Å². The molecule has 9 atom stereocenters. The molecule has 0 bridgehead atoms. The lowest BCUT2D eigenvalue weighted by Crippen LogP contribution is -2.53. The molecule has 2 heterocycles. The van der Waals surface area contributed by atoms with Crippen molar-refractivity contribution in [2.75, 3.05) is 4.90 Å². The summed E-state index contributed by atoms with van der Waals surface area (Å²) in [6.45, 7) is 2.59. The van der Waals surface area contributed by atoms with E-state index in [-0.39, 0.29) is 17.4 Å². The highest BCUT2D eigenvalue weighted by Crippen LogP contribution is 2.55. The first kappa shape index (κ1) is 33.1. The zero-order chi connectivity index (χ0) is 35.5. The lowest BCUT2D eigenvalue weighted by Gasteiger charge is -2.50. The van der Waals surface area contributed by atoms with Gasteiger partial charge in [0.25, 0.3) is 0 Å². The Morgan fingerprint density at radius 2 is 1.66 bits per heavy atom. The van der Waals surface area contributed by atoms with E-state index in [1.165, 1.54) is 48.9 Å². The fourth-order valence-corrected chi connectivity index (χ4v) is 12.2. The van der Waals surface area contributed by atoms with Gasteiger partial charge >= 0.3 is 0 Å². The van der Waals surface area contributed by atoms with Crippen molar-refractivity contribution < 1.29 is 0 Å². The maximum Gasteiger partial charge on any atom is 0.0746 e. The summed E-state index contributed by atoms with van der Waals surface area (Å²) in [6.07, 6.45) is 50.9. The normalized spacial score (nSPS) is 34.9. The lowest BCUT2D eigenvalue weighted by molar-refractivity contribution is 0.260. The summed E-state index contributed by atoms with van der Waals surface area (Å²) in [5.74, 6) is 1.72. The molecule has 0 radical (unpaired) electrons. The summed E-state index contributed by atoms with van der Waals surface area (Å²) in [7, 11) is 0. The van der Waals surface area contributed by atoms with E-state index in [2.05, 4.69) is 144 Å². The number of fused-ring (bicyclic) bond motifs is 6. The number of hydrogen-bond donors (Lipinski definition) is 0. The smallest absolute Gasteiger partial charge is 0.0746 e. The van der Waals surface area contributed by atoms with Crippen LogP contribution in [0.25, 0.3) is 6.08 Å². The quantitative estimate of drug-likeness (QED) is 0.292. The molecule has 2 aromatic rings. The van der Waals surface area contributed by atoms with E-state index in [0.29, 0.717) is 35.8 Å². The first-order valence-electron chi connectivity index (χ1n) is 20.8. The molecule has 3 nitrogen and oxygen atoms in total. The van der Waals surface area contributed by atoms with Crippen LogP contribution in [0.5, 0.6) is 0 Å². The molecule has 1 aliphatic heterocycles. The van der Waals surface area contributed by atoms with Crippen LogP contribution in [-0.4, -0.2) is 16.1 Å². The molecule has 0 N–H and O–H groups in total. The number of benzene rings is 1. The molecule has 1 aromatic heterocycles. The molecular formula is C50H53N3. The Hall–Kier alpha value is -4.55. The Morgan fingerprint density at radius 1 is 0.811 bits per heavy atom. The van der Waals surface area contributed by atoms with E-state index in [9.17, 15) is 5.26 Å². The Kier molecular flexibility index (Phi) is 8.35. The van der Waals surface area contributed by atoms with Gasteiger partial charge in [0.1, 0.15) is 0 Å². The Morgan fingerprint density at radius 3 is 2.58 bits per heavy atom. The second kappa shape index (κ2) is 13.4. The Balaban J connectivity index is 1.10. The molecule has 0 saturated carbocycles. The lowest BCUT2D eigenvalue weighted by atomic mass is 9.62. The second-order valence-electron chi connectivity index (χ2n) is 17.2. The number of nitriles is 1. The third-order valence-corrected chi connectivity index (χ3v) is 14.3. The van der Waals surface area contributed by atoms with E-state index in [1.54, 1.807) is 28.1 Å². The zero-order valence-electron chi connectivity index (χ0n) is 31.3. The number of hydrogen-bond acceptors (Lipinski definition) is 2. The van der Waals surface area contributed by atoms with E-state index < -0.39 is 0 Å². The molecule has 9 unspecified atom stereocenters. The highest BCUT2D eigenvalue weighted by atomic mass is 15.3. The first-order chi connectivity index (χ1) is 26.1. The van der Waals surface area contributed by atoms with Gasteiger partial charge in [0.15, 0.2) is 0 Å². The molecule has 0 fully saturated rings. The summed E-state index contributed by atoms with van der Waals surface area (Å²) < 4.78 is 2.94. The highest BCUT2D eigenvalue weighted by molar-refractivity contribution is 5.68. The minimum absolute atomic E-state index is 0.103. The molecule has 0 amide bonds. The largest absolute Gasteiger partial charge is 0.355 e. The van der Waals surface area contributed by atoms with Gasteiger partial charge in [-0.3, -0.25) is 0 Å². The van der Waals surface area contributed by atoms with Crippen molar-refractivity contribution in [3.63, 3.8) is 0 Å². The first-order valence-corrected chi connectivity index (χ1v) is 20.8. The second-order valence-corrected chi connectivity index (χ2v) is 17.2. The van der Waals surface area contributed by atoms with Crippen molar-refractivity contribution in [3.8, 4) is 6.07 Å². The predicted octanol–water partition coefficient (Wildman–Crippen LogP) is 11.4. The van der Waals surface area contributed by atoms with Gasteiger partial charge in [-0.05, 0) is 118 Å². The van der Waals surface area contributed by atoms with Crippen LogP contribution in [0, 0.1) is 40.9 Å². The van der Waals surface area contributed by atoms with Crippen molar-refractivity contribution >= 4 is 11.8 Å². The van der Waals surface area contributed by atoms with Gasteiger partial charge in [0.05, 0.1) is 23.6 Å². The average Bonchev–Trinajstić information content (AvgIpc) is 3.74. The fourth-order valence-electron chi connectivity index (χ4n) is 12.2. The average molecular weight is 696 g/mol. The summed E-state index contributed by atoms with van der Waals surface area (Å²) >= 11 is 0. The van der Waals surface area contributed by atoms with Crippen LogP contribution in [0.2, 0.25) is 0 Å². The van der Waals surface area contributed by atoms with Crippen LogP contribution in [0.1, 0.15) is 98.3 Å². The zero-order valence-corrected chi connectivity index (χ0v) is 31.3. The fraction of sp³-hybridized carbons (Fsp3) is 0.420. The summed E-state index contributed by atoms with van der Waals surface area (Å²) in [5, 5.41) is 10.2. The maximum absolute atomic E-state index is 10.2. The molecule has 8 aliphatic rings. The van der Waals surface area contributed by atoms with Crippen molar-refractivity contribution in [2.24, 2.45) is 29.6 Å².